The molecule has 1 fully saturated rings. The first-order valence-corrected chi connectivity index (χ1v) is 11.0. The Kier molecular flexibility index (Phi) is 7.39. The number of sulfonamides is 1. The Morgan fingerprint density at radius 3 is 2.27 bits per heavy atom. The van der Waals surface area contributed by atoms with Crippen molar-refractivity contribution >= 4 is 21.6 Å². The Labute approximate surface area is 173 Å². The van der Waals surface area contributed by atoms with E-state index in [0.717, 1.165) is 12.1 Å². The van der Waals surface area contributed by atoms with E-state index >= 15 is 0 Å². The summed E-state index contributed by atoms with van der Waals surface area (Å²) >= 11 is 0. The van der Waals surface area contributed by atoms with Crippen LogP contribution < -0.4 is 14.8 Å². The lowest BCUT2D eigenvalue weighted by atomic mass is 9.86. The fourth-order valence-corrected chi connectivity index (χ4v) is 3.98. The molecule has 1 aliphatic rings. The number of ether oxygens (including phenoxy) is 1. The van der Waals surface area contributed by atoms with E-state index in [0.29, 0.717) is 25.7 Å². The molecule has 6 nitrogen and oxygen atoms in total. The topological polar surface area (TPSA) is 84.5 Å². The number of hydrogen-bond acceptors (Lipinski definition) is 4. The molecule has 1 saturated carbocycles. The van der Waals surface area contributed by atoms with Crippen LogP contribution in [-0.4, -0.2) is 37.6 Å². The van der Waals surface area contributed by atoms with E-state index in [1.165, 1.54) is 12.1 Å². The summed E-state index contributed by atoms with van der Waals surface area (Å²) < 4.78 is 80.9. The summed E-state index contributed by atoms with van der Waals surface area (Å²) in [5, 5.41) is 2.56. The van der Waals surface area contributed by atoms with Gasteiger partial charge in [0.2, 0.25) is 15.9 Å². The first-order valence-electron chi connectivity index (χ1n) is 9.49. The fraction of sp³-hybridized carbons (Fsp3) is 0.632. The van der Waals surface area contributed by atoms with Gasteiger partial charge in [-0.3, -0.25) is 4.79 Å². The highest BCUT2D eigenvalue weighted by Crippen LogP contribution is 2.30. The second kappa shape index (κ2) is 9.09. The molecule has 1 amide bonds. The SMILES string of the molecule is CC(C)(C)S(=O)(=O)NC1CCC(C(=O)Nc2cccc(OC(F)(F)C(F)F)c2)CC1. The van der Waals surface area contributed by atoms with Crippen molar-refractivity contribution in [1.29, 1.82) is 0 Å². The molecule has 0 spiro atoms. The van der Waals surface area contributed by atoms with Gasteiger partial charge < -0.3 is 10.1 Å². The third kappa shape index (κ3) is 6.31. The van der Waals surface area contributed by atoms with Gasteiger partial charge in [-0.15, -0.1) is 0 Å². The summed E-state index contributed by atoms with van der Waals surface area (Å²) in [5.74, 6) is -1.24. The Bertz CT molecular complexity index is 848. The minimum Gasteiger partial charge on any atom is -0.428 e. The van der Waals surface area contributed by atoms with Crippen molar-refractivity contribution in [1.82, 2.24) is 4.72 Å². The van der Waals surface area contributed by atoms with Gasteiger partial charge in [0.05, 0.1) is 4.75 Å². The quantitative estimate of drug-likeness (QED) is 0.607. The molecule has 2 rings (SSSR count). The smallest absolute Gasteiger partial charge is 0.428 e. The number of rotatable bonds is 7. The van der Waals surface area contributed by atoms with Crippen LogP contribution in [0, 0.1) is 5.92 Å². The molecule has 0 aliphatic heterocycles. The summed E-state index contributed by atoms with van der Waals surface area (Å²) in [7, 11) is -3.49. The molecule has 0 atom stereocenters. The second-order valence-corrected chi connectivity index (χ2v) is 10.7. The van der Waals surface area contributed by atoms with Gasteiger partial charge in [0, 0.05) is 23.7 Å². The number of benzene rings is 1. The number of amides is 1. The number of alkyl halides is 4. The average molecular weight is 454 g/mol. The van der Waals surface area contributed by atoms with Gasteiger partial charge in [0.15, 0.2) is 0 Å². The van der Waals surface area contributed by atoms with E-state index in [2.05, 4.69) is 14.8 Å². The third-order valence-corrected chi connectivity index (χ3v) is 7.09. The Morgan fingerprint density at radius 2 is 1.73 bits per heavy atom. The van der Waals surface area contributed by atoms with Crippen molar-refractivity contribution in [3.8, 4) is 5.75 Å². The van der Waals surface area contributed by atoms with Crippen LogP contribution in [0.25, 0.3) is 0 Å². The van der Waals surface area contributed by atoms with Crippen molar-refractivity contribution in [2.45, 2.75) is 69.8 Å². The standard InChI is InChI=1S/C19H26F4N2O4S/c1-18(2,3)30(27,28)25-13-9-7-12(8-10-13)16(26)24-14-5-4-6-15(11-14)29-19(22,23)17(20)21/h4-6,11-13,17,25H,7-10H2,1-3H3,(H,24,26). The number of halogens is 4. The van der Waals surface area contributed by atoms with Gasteiger partial charge in [-0.25, -0.2) is 13.1 Å². The molecule has 11 heteroatoms. The first-order chi connectivity index (χ1) is 13.7. The lowest BCUT2D eigenvalue weighted by Crippen LogP contribution is -2.46. The van der Waals surface area contributed by atoms with Gasteiger partial charge in [0.25, 0.3) is 0 Å². The normalized spacial score (nSPS) is 20.8. The zero-order valence-corrected chi connectivity index (χ0v) is 17.7. The predicted octanol–water partition coefficient (Wildman–Crippen LogP) is 4.14. The summed E-state index contributed by atoms with van der Waals surface area (Å²) in [4.78, 5) is 12.5. The zero-order chi connectivity index (χ0) is 22.7. The molecule has 30 heavy (non-hydrogen) atoms. The molecule has 0 aromatic heterocycles. The van der Waals surface area contributed by atoms with Crippen molar-refractivity contribution in [3.05, 3.63) is 24.3 Å². The maximum Gasteiger partial charge on any atom is 0.461 e. The molecule has 0 radical (unpaired) electrons. The Morgan fingerprint density at radius 1 is 1.13 bits per heavy atom. The minimum absolute atomic E-state index is 0.137. The summed E-state index contributed by atoms with van der Waals surface area (Å²) in [6.07, 6.45) is -6.76. The molecule has 2 N–H and O–H groups in total. The van der Waals surface area contributed by atoms with E-state index in [1.54, 1.807) is 20.8 Å². The summed E-state index contributed by atoms with van der Waals surface area (Å²) in [6, 6.07) is 4.58. The zero-order valence-electron chi connectivity index (χ0n) is 16.9. The first kappa shape index (κ1) is 24.4. The van der Waals surface area contributed by atoms with Crippen LogP contribution in [0.5, 0.6) is 5.75 Å². The Balaban J connectivity index is 1.92. The third-order valence-electron chi connectivity index (χ3n) is 4.84. The van der Waals surface area contributed by atoms with Gasteiger partial charge in [-0.2, -0.15) is 17.6 Å². The number of hydrogen-bond donors (Lipinski definition) is 2. The number of anilines is 1. The van der Waals surface area contributed by atoms with Crippen LogP contribution in [0.15, 0.2) is 24.3 Å². The van der Waals surface area contributed by atoms with Gasteiger partial charge in [-0.1, -0.05) is 6.07 Å². The molecule has 0 heterocycles. The van der Waals surface area contributed by atoms with E-state index in [-0.39, 0.29) is 23.6 Å². The molecule has 0 unspecified atom stereocenters. The second-order valence-electron chi connectivity index (χ2n) is 8.26. The van der Waals surface area contributed by atoms with Crippen molar-refractivity contribution in [2.75, 3.05) is 5.32 Å². The largest absolute Gasteiger partial charge is 0.461 e. The van der Waals surface area contributed by atoms with Crippen LogP contribution in [-0.2, 0) is 14.8 Å². The van der Waals surface area contributed by atoms with Gasteiger partial charge in [-0.05, 0) is 58.6 Å². The lowest BCUT2D eigenvalue weighted by Gasteiger charge is -2.30. The number of carbonyl (C=O) groups excluding carboxylic acids is 1. The van der Waals surface area contributed by atoms with Crippen molar-refractivity contribution in [3.63, 3.8) is 0 Å². The minimum atomic E-state index is -4.64. The predicted molar refractivity (Wildman–Crippen MR) is 104 cm³/mol. The Hall–Kier alpha value is -1.88. The molecular formula is C19H26F4N2O4S. The highest BCUT2D eigenvalue weighted by Gasteiger charge is 2.44. The maximum atomic E-state index is 13.0. The van der Waals surface area contributed by atoms with E-state index in [1.807, 2.05) is 0 Å². The number of nitrogens with one attached hydrogen (secondary N) is 2. The number of carbonyl (C=O) groups is 1. The monoisotopic (exact) mass is 454 g/mol. The van der Waals surface area contributed by atoms with Crippen LogP contribution in [0.2, 0.25) is 0 Å². The average Bonchev–Trinajstić information content (AvgIpc) is 2.60. The van der Waals surface area contributed by atoms with Crippen molar-refractivity contribution in [2.24, 2.45) is 5.92 Å². The molecule has 170 valence electrons. The van der Waals surface area contributed by atoms with Gasteiger partial charge in [0.1, 0.15) is 5.75 Å². The highest BCUT2D eigenvalue weighted by atomic mass is 32.2. The van der Waals surface area contributed by atoms with E-state index < -0.39 is 33.1 Å². The lowest BCUT2D eigenvalue weighted by molar-refractivity contribution is -0.253. The fourth-order valence-electron chi connectivity index (χ4n) is 2.95. The molecule has 1 aromatic rings. The summed E-state index contributed by atoms with van der Waals surface area (Å²) in [6.45, 7) is 4.80. The highest BCUT2D eigenvalue weighted by molar-refractivity contribution is 7.90. The van der Waals surface area contributed by atoms with Crippen LogP contribution >= 0.6 is 0 Å². The van der Waals surface area contributed by atoms with Gasteiger partial charge >= 0.3 is 12.5 Å². The van der Waals surface area contributed by atoms with Crippen LogP contribution in [0.4, 0.5) is 23.2 Å². The molecule has 0 saturated heterocycles. The van der Waals surface area contributed by atoms with Crippen molar-refractivity contribution < 1.29 is 35.5 Å². The van der Waals surface area contributed by atoms with Crippen LogP contribution in [0.3, 0.4) is 0 Å². The maximum absolute atomic E-state index is 13.0. The summed E-state index contributed by atoms with van der Waals surface area (Å²) in [5.41, 5.74) is 0.137. The molecular weight excluding hydrogens is 428 g/mol. The molecule has 0 bridgehead atoms. The van der Waals surface area contributed by atoms with E-state index in [4.69, 9.17) is 0 Å². The van der Waals surface area contributed by atoms with Crippen LogP contribution in [0.1, 0.15) is 46.5 Å². The van der Waals surface area contributed by atoms with E-state index in [9.17, 15) is 30.8 Å². The molecule has 1 aliphatic carbocycles. The molecule has 1 aromatic carbocycles.